The summed E-state index contributed by atoms with van der Waals surface area (Å²) in [6, 6.07) is 8.44. The molecule has 0 saturated carbocycles. The van der Waals surface area contributed by atoms with Gasteiger partial charge in [-0.3, -0.25) is 10.1 Å². The number of pyridine rings is 1. The first-order valence-electron chi connectivity index (χ1n) is 7.01. The number of amides is 1. The molecule has 1 aromatic carbocycles. The predicted molar refractivity (Wildman–Crippen MR) is 99.9 cm³/mol. The quantitative estimate of drug-likeness (QED) is 0.781. The molecule has 2 aromatic rings. The molecule has 0 saturated heterocycles. The van der Waals surface area contributed by atoms with E-state index in [9.17, 15) is 4.79 Å². The van der Waals surface area contributed by atoms with Crippen LogP contribution in [0.15, 0.2) is 36.5 Å². The molecule has 5 nitrogen and oxygen atoms in total. The molecule has 0 spiro atoms. The summed E-state index contributed by atoms with van der Waals surface area (Å²) < 4.78 is 5.53. The molecule has 1 unspecified atom stereocenters. The van der Waals surface area contributed by atoms with E-state index < -0.39 is 12.0 Å². The number of ether oxygens (including phenoxy) is 1. The van der Waals surface area contributed by atoms with Crippen molar-refractivity contribution in [2.24, 2.45) is 0 Å². The van der Waals surface area contributed by atoms with Gasteiger partial charge < -0.3 is 10.1 Å². The number of thiocarbonyl (C=S) groups is 1. The number of benzene rings is 1. The summed E-state index contributed by atoms with van der Waals surface area (Å²) in [5.74, 6) is 0.503. The largest absolute Gasteiger partial charge is 0.479 e. The van der Waals surface area contributed by atoms with Crippen LogP contribution < -0.4 is 15.4 Å². The lowest BCUT2D eigenvalue weighted by molar-refractivity contribution is -0.125. The van der Waals surface area contributed by atoms with Crippen molar-refractivity contribution >= 4 is 52.3 Å². The third-order valence-corrected chi connectivity index (χ3v) is 3.70. The van der Waals surface area contributed by atoms with Crippen LogP contribution in [-0.2, 0) is 4.79 Å². The van der Waals surface area contributed by atoms with Crippen LogP contribution in [0.3, 0.4) is 0 Å². The molecule has 0 bridgehead atoms. The fraction of sp³-hybridized carbons (Fsp3) is 0.188. The van der Waals surface area contributed by atoms with Crippen LogP contribution in [-0.4, -0.2) is 22.1 Å². The molecule has 2 N–H and O–H groups in total. The number of anilines is 1. The van der Waals surface area contributed by atoms with E-state index >= 15 is 0 Å². The molecule has 0 fully saturated rings. The zero-order valence-electron chi connectivity index (χ0n) is 13.0. The summed E-state index contributed by atoms with van der Waals surface area (Å²) >= 11 is 16.9. The van der Waals surface area contributed by atoms with Gasteiger partial charge in [-0.2, -0.15) is 0 Å². The van der Waals surface area contributed by atoms with Crippen LogP contribution in [0.5, 0.6) is 5.75 Å². The Balaban J connectivity index is 1.92. The maximum Gasteiger partial charge on any atom is 0.266 e. The van der Waals surface area contributed by atoms with Crippen LogP contribution in [0, 0.1) is 6.92 Å². The van der Waals surface area contributed by atoms with Gasteiger partial charge in [0.15, 0.2) is 11.2 Å². The van der Waals surface area contributed by atoms with E-state index in [4.69, 9.17) is 40.2 Å². The minimum atomic E-state index is -0.797. The second kappa shape index (κ2) is 8.28. The third-order valence-electron chi connectivity index (χ3n) is 2.96. The van der Waals surface area contributed by atoms with Crippen LogP contribution in [0.25, 0.3) is 0 Å². The van der Waals surface area contributed by atoms with Crippen LogP contribution in [0.4, 0.5) is 5.82 Å². The van der Waals surface area contributed by atoms with Gasteiger partial charge in [0, 0.05) is 11.2 Å². The minimum absolute atomic E-state index is 0.135. The van der Waals surface area contributed by atoms with Gasteiger partial charge in [0.25, 0.3) is 5.91 Å². The number of hydrogen-bond donors (Lipinski definition) is 2. The number of aryl methyl sites for hydroxylation is 1. The maximum absolute atomic E-state index is 12.1. The fourth-order valence-corrected chi connectivity index (χ4v) is 2.44. The van der Waals surface area contributed by atoms with Gasteiger partial charge in [0.1, 0.15) is 11.6 Å². The van der Waals surface area contributed by atoms with E-state index in [1.807, 2.05) is 19.1 Å². The van der Waals surface area contributed by atoms with E-state index in [-0.39, 0.29) is 5.11 Å². The highest BCUT2D eigenvalue weighted by molar-refractivity contribution is 7.80. The smallest absolute Gasteiger partial charge is 0.266 e. The van der Waals surface area contributed by atoms with Gasteiger partial charge in [-0.05, 0) is 62.0 Å². The first kappa shape index (κ1) is 18.4. The van der Waals surface area contributed by atoms with Gasteiger partial charge in [-0.1, -0.05) is 23.2 Å². The van der Waals surface area contributed by atoms with E-state index in [2.05, 4.69) is 15.6 Å². The summed E-state index contributed by atoms with van der Waals surface area (Å²) in [5, 5.41) is 6.33. The predicted octanol–water partition coefficient (Wildman–Crippen LogP) is 3.98. The summed E-state index contributed by atoms with van der Waals surface area (Å²) in [6.07, 6.45) is 0.852. The molecule has 126 valence electrons. The highest BCUT2D eigenvalue weighted by atomic mass is 35.5. The number of carbonyl (C=O) groups is 1. The Hall–Kier alpha value is -1.89. The van der Waals surface area contributed by atoms with E-state index in [0.29, 0.717) is 21.6 Å². The zero-order valence-corrected chi connectivity index (χ0v) is 15.3. The Bertz CT molecular complexity index is 771. The molecule has 1 amide bonds. The normalized spacial score (nSPS) is 11.5. The van der Waals surface area contributed by atoms with Gasteiger partial charge in [-0.25, -0.2) is 4.98 Å². The molecule has 1 heterocycles. The van der Waals surface area contributed by atoms with Gasteiger partial charge in [0.05, 0.1) is 5.02 Å². The van der Waals surface area contributed by atoms with E-state index in [1.54, 1.807) is 31.3 Å². The first-order valence-corrected chi connectivity index (χ1v) is 8.18. The van der Waals surface area contributed by atoms with Crippen molar-refractivity contribution in [3.8, 4) is 5.75 Å². The molecular weight excluding hydrogens is 369 g/mol. The number of aromatic nitrogens is 1. The van der Waals surface area contributed by atoms with Crippen molar-refractivity contribution < 1.29 is 9.53 Å². The Labute approximate surface area is 155 Å². The van der Waals surface area contributed by atoms with Crippen LogP contribution >= 0.6 is 35.4 Å². The van der Waals surface area contributed by atoms with Crippen molar-refractivity contribution in [3.63, 3.8) is 0 Å². The average Bonchev–Trinajstić information content (AvgIpc) is 2.49. The number of rotatable bonds is 4. The monoisotopic (exact) mass is 383 g/mol. The van der Waals surface area contributed by atoms with Gasteiger partial charge >= 0.3 is 0 Å². The molecule has 0 aliphatic rings. The van der Waals surface area contributed by atoms with E-state index in [0.717, 1.165) is 5.56 Å². The topological polar surface area (TPSA) is 63.2 Å². The molecule has 2 rings (SSSR count). The molecule has 1 atom stereocenters. The van der Waals surface area contributed by atoms with Gasteiger partial charge in [-0.15, -0.1) is 0 Å². The summed E-state index contributed by atoms with van der Waals surface area (Å²) in [7, 11) is 0. The Morgan fingerprint density at radius 1 is 1.29 bits per heavy atom. The Morgan fingerprint density at radius 2 is 2.04 bits per heavy atom. The van der Waals surface area contributed by atoms with Gasteiger partial charge in [0.2, 0.25) is 0 Å². The lowest BCUT2D eigenvalue weighted by Gasteiger charge is -2.16. The van der Waals surface area contributed by atoms with Crippen molar-refractivity contribution in [2.45, 2.75) is 20.0 Å². The molecule has 1 aromatic heterocycles. The molecule has 8 heteroatoms. The molecular formula is C16H15Cl2N3O2S. The van der Waals surface area contributed by atoms with Crippen molar-refractivity contribution in [1.29, 1.82) is 0 Å². The zero-order chi connectivity index (χ0) is 17.7. The van der Waals surface area contributed by atoms with E-state index in [1.165, 1.54) is 0 Å². The SMILES string of the molecule is Cc1ccnc(NC(=S)NC(=O)C(C)Oc2ccc(Cl)cc2Cl)c1. The van der Waals surface area contributed by atoms with Crippen LogP contribution in [0.2, 0.25) is 10.0 Å². The second-order valence-electron chi connectivity index (χ2n) is 5.00. The lowest BCUT2D eigenvalue weighted by Crippen LogP contribution is -2.42. The minimum Gasteiger partial charge on any atom is -0.479 e. The standard InChI is InChI=1S/C16H15Cl2N3O2S/c1-9-5-6-19-14(7-9)20-16(24)21-15(22)10(2)23-13-4-3-11(17)8-12(13)18/h3-8,10H,1-2H3,(H2,19,20,21,22,24). The summed E-state index contributed by atoms with van der Waals surface area (Å²) in [5.41, 5.74) is 1.02. The molecule has 0 radical (unpaired) electrons. The summed E-state index contributed by atoms with van der Waals surface area (Å²) in [6.45, 7) is 3.52. The Morgan fingerprint density at radius 3 is 2.71 bits per heavy atom. The summed E-state index contributed by atoms with van der Waals surface area (Å²) in [4.78, 5) is 16.2. The number of nitrogens with one attached hydrogen (secondary N) is 2. The van der Waals surface area contributed by atoms with Crippen molar-refractivity contribution in [3.05, 3.63) is 52.1 Å². The molecule has 0 aliphatic carbocycles. The number of halogens is 2. The molecule has 0 aliphatic heterocycles. The number of nitrogens with zero attached hydrogens (tertiary/aromatic N) is 1. The van der Waals surface area contributed by atoms with Crippen molar-refractivity contribution in [2.75, 3.05) is 5.32 Å². The number of hydrogen-bond acceptors (Lipinski definition) is 4. The number of carbonyl (C=O) groups excluding carboxylic acids is 1. The first-order chi connectivity index (χ1) is 11.3. The fourth-order valence-electron chi connectivity index (χ4n) is 1.78. The third kappa shape index (κ3) is 5.33. The maximum atomic E-state index is 12.1. The second-order valence-corrected chi connectivity index (χ2v) is 6.25. The highest BCUT2D eigenvalue weighted by Gasteiger charge is 2.17. The highest BCUT2D eigenvalue weighted by Crippen LogP contribution is 2.28. The molecule has 24 heavy (non-hydrogen) atoms. The van der Waals surface area contributed by atoms with Crippen LogP contribution in [0.1, 0.15) is 12.5 Å². The van der Waals surface area contributed by atoms with Crippen molar-refractivity contribution in [1.82, 2.24) is 10.3 Å². The average molecular weight is 384 g/mol. The Kier molecular flexibility index (Phi) is 6.36. The lowest BCUT2D eigenvalue weighted by atomic mass is 10.3.